The fraction of sp³-hybridized carbons (Fsp3) is 0.211. The van der Waals surface area contributed by atoms with E-state index < -0.39 is 0 Å². The molecule has 0 N–H and O–H groups in total. The van der Waals surface area contributed by atoms with Crippen LogP contribution in [-0.4, -0.2) is 31.6 Å². The van der Waals surface area contributed by atoms with Crippen LogP contribution in [0.2, 0.25) is 0 Å². The minimum absolute atomic E-state index is 0.548. The van der Waals surface area contributed by atoms with Crippen molar-refractivity contribution in [2.45, 2.75) is 13.1 Å². The summed E-state index contributed by atoms with van der Waals surface area (Å²) in [5.74, 6) is 2.22. The van der Waals surface area contributed by atoms with Crippen LogP contribution in [0.15, 0.2) is 59.1 Å². The Bertz CT molecular complexity index is 989. The van der Waals surface area contributed by atoms with Crippen LogP contribution in [0, 0.1) is 0 Å². The summed E-state index contributed by atoms with van der Waals surface area (Å²) in [6.07, 6.45) is 0. The lowest BCUT2D eigenvalue weighted by Crippen LogP contribution is -2.20. The topological polar surface area (TPSA) is 60.0 Å². The molecule has 0 spiro atoms. The second-order valence-electron chi connectivity index (χ2n) is 6.13. The third-order valence-electron chi connectivity index (χ3n) is 4.19. The van der Waals surface area contributed by atoms with E-state index in [1.54, 1.807) is 0 Å². The van der Waals surface area contributed by atoms with Crippen molar-refractivity contribution in [3.8, 4) is 11.5 Å². The molecule has 0 bridgehead atoms. The highest BCUT2D eigenvalue weighted by molar-refractivity contribution is 5.75. The van der Waals surface area contributed by atoms with Crippen LogP contribution in [0.25, 0.3) is 22.5 Å². The normalized spacial score (nSPS) is 11.5. The Kier molecular flexibility index (Phi) is 4.03. The molecule has 0 radical (unpaired) electrons. The average Bonchev–Trinajstić information content (AvgIpc) is 3.21. The first kappa shape index (κ1) is 15.5. The number of para-hydroxylation sites is 2. The number of benzene rings is 2. The van der Waals surface area contributed by atoms with E-state index in [9.17, 15) is 0 Å². The molecule has 0 aliphatic rings. The van der Waals surface area contributed by atoms with Crippen molar-refractivity contribution in [2.75, 3.05) is 7.05 Å². The molecule has 0 aliphatic heterocycles. The maximum absolute atomic E-state index is 5.36. The van der Waals surface area contributed by atoms with Crippen LogP contribution in [-0.2, 0) is 20.1 Å². The Balaban J connectivity index is 1.48. The van der Waals surface area contributed by atoms with E-state index in [1.165, 1.54) is 0 Å². The number of aryl methyl sites for hydroxylation is 1. The zero-order valence-electron chi connectivity index (χ0n) is 14.3. The molecule has 0 amide bonds. The molecule has 0 unspecified atom stereocenters. The summed E-state index contributed by atoms with van der Waals surface area (Å²) in [5.41, 5.74) is 3.08. The first-order chi connectivity index (χ1) is 12.2. The Labute approximate surface area is 145 Å². The van der Waals surface area contributed by atoms with Crippen LogP contribution >= 0.6 is 0 Å². The molecular weight excluding hydrogens is 314 g/mol. The number of fused-ring (bicyclic) bond motifs is 1. The SMILES string of the molecule is CN(Cc1noc(-c2ccccc2)n1)Cc1nc2ccccc2n1C. The monoisotopic (exact) mass is 333 g/mol. The van der Waals surface area contributed by atoms with Crippen molar-refractivity contribution in [1.82, 2.24) is 24.6 Å². The van der Waals surface area contributed by atoms with E-state index in [1.807, 2.05) is 62.6 Å². The van der Waals surface area contributed by atoms with Crippen LogP contribution in [0.1, 0.15) is 11.6 Å². The van der Waals surface area contributed by atoms with Crippen molar-refractivity contribution >= 4 is 11.0 Å². The summed E-state index contributed by atoms with van der Waals surface area (Å²) >= 11 is 0. The first-order valence-electron chi connectivity index (χ1n) is 8.17. The Morgan fingerprint density at radius 1 is 0.960 bits per heavy atom. The lowest BCUT2D eigenvalue weighted by atomic mass is 10.2. The molecule has 0 aliphatic carbocycles. The highest BCUT2D eigenvalue weighted by Gasteiger charge is 2.13. The number of rotatable bonds is 5. The average molecular weight is 333 g/mol. The molecule has 126 valence electrons. The second kappa shape index (κ2) is 6.49. The predicted octanol–water partition coefficient (Wildman–Crippen LogP) is 3.26. The summed E-state index contributed by atoms with van der Waals surface area (Å²) in [5, 5.41) is 4.08. The maximum Gasteiger partial charge on any atom is 0.257 e. The largest absolute Gasteiger partial charge is 0.334 e. The fourth-order valence-corrected chi connectivity index (χ4v) is 2.89. The van der Waals surface area contributed by atoms with Gasteiger partial charge in [-0.25, -0.2) is 4.98 Å². The van der Waals surface area contributed by atoms with Crippen LogP contribution in [0.3, 0.4) is 0 Å². The van der Waals surface area contributed by atoms with Crippen molar-refractivity contribution in [3.05, 3.63) is 66.2 Å². The number of hydrogen-bond acceptors (Lipinski definition) is 5. The van der Waals surface area contributed by atoms with Gasteiger partial charge in [0.05, 0.1) is 24.1 Å². The molecule has 2 aromatic heterocycles. The summed E-state index contributed by atoms with van der Waals surface area (Å²) in [6.45, 7) is 1.31. The Morgan fingerprint density at radius 2 is 1.72 bits per heavy atom. The number of aromatic nitrogens is 4. The van der Waals surface area contributed by atoms with E-state index >= 15 is 0 Å². The molecule has 0 fully saturated rings. The zero-order valence-corrected chi connectivity index (χ0v) is 14.3. The number of hydrogen-bond donors (Lipinski definition) is 0. The molecule has 2 aromatic carbocycles. The van der Waals surface area contributed by atoms with Gasteiger partial charge in [0.15, 0.2) is 5.82 Å². The molecule has 4 aromatic rings. The van der Waals surface area contributed by atoms with Gasteiger partial charge in [-0.15, -0.1) is 0 Å². The standard InChI is InChI=1S/C19H19N5O/c1-23(13-18-20-15-10-6-7-11-16(15)24(18)2)12-17-21-19(25-22-17)14-8-4-3-5-9-14/h3-11H,12-13H2,1-2H3. The predicted molar refractivity (Wildman–Crippen MR) is 95.6 cm³/mol. The van der Waals surface area contributed by atoms with Gasteiger partial charge in [0.1, 0.15) is 5.82 Å². The second-order valence-corrected chi connectivity index (χ2v) is 6.13. The van der Waals surface area contributed by atoms with Crippen molar-refractivity contribution in [2.24, 2.45) is 7.05 Å². The van der Waals surface area contributed by atoms with Crippen molar-refractivity contribution in [3.63, 3.8) is 0 Å². The molecule has 0 saturated carbocycles. The minimum Gasteiger partial charge on any atom is -0.334 e. The van der Waals surface area contributed by atoms with Crippen LogP contribution in [0.5, 0.6) is 0 Å². The van der Waals surface area contributed by atoms with Crippen LogP contribution < -0.4 is 0 Å². The fourth-order valence-electron chi connectivity index (χ4n) is 2.89. The van der Waals surface area contributed by atoms with E-state index in [-0.39, 0.29) is 0 Å². The van der Waals surface area contributed by atoms with Crippen LogP contribution in [0.4, 0.5) is 0 Å². The smallest absolute Gasteiger partial charge is 0.257 e. The van der Waals surface area contributed by atoms with Gasteiger partial charge < -0.3 is 9.09 Å². The molecule has 4 rings (SSSR count). The van der Waals surface area contributed by atoms with Gasteiger partial charge in [-0.2, -0.15) is 4.98 Å². The van der Waals surface area contributed by atoms with Gasteiger partial charge in [0.25, 0.3) is 5.89 Å². The lowest BCUT2D eigenvalue weighted by molar-refractivity contribution is 0.292. The summed E-state index contributed by atoms with van der Waals surface area (Å²) in [7, 11) is 4.07. The number of nitrogens with zero attached hydrogens (tertiary/aromatic N) is 5. The van der Waals surface area contributed by atoms with Gasteiger partial charge in [-0.05, 0) is 31.3 Å². The van der Waals surface area contributed by atoms with E-state index in [2.05, 4.69) is 25.7 Å². The van der Waals surface area contributed by atoms with Gasteiger partial charge >= 0.3 is 0 Å². The Hall–Kier alpha value is -2.99. The molecular formula is C19H19N5O. The van der Waals surface area contributed by atoms with Gasteiger partial charge in [-0.3, -0.25) is 4.90 Å². The summed E-state index contributed by atoms with van der Waals surface area (Å²) in [6, 6.07) is 17.9. The summed E-state index contributed by atoms with van der Waals surface area (Å²) < 4.78 is 7.49. The number of imidazole rings is 1. The molecule has 25 heavy (non-hydrogen) atoms. The highest BCUT2D eigenvalue weighted by Crippen LogP contribution is 2.18. The van der Waals surface area contributed by atoms with Crippen molar-refractivity contribution in [1.29, 1.82) is 0 Å². The van der Waals surface area contributed by atoms with Gasteiger partial charge in [0, 0.05) is 12.6 Å². The third kappa shape index (κ3) is 3.16. The molecule has 6 nitrogen and oxygen atoms in total. The Morgan fingerprint density at radius 3 is 2.52 bits per heavy atom. The quantitative estimate of drug-likeness (QED) is 0.561. The first-order valence-corrected chi connectivity index (χ1v) is 8.17. The summed E-state index contributed by atoms with van der Waals surface area (Å²) in [4.78, 5) is 11.3. The van der Waals surface area contributed by atoms with Crippen molar-refractivity contribution < 1.29 is 4.52 Å². The van der Waals surface area contributed by atoms with Gasteiger partial charge in [-0.1, -0.05) is 35.5 Å². The highest BCUT2D eigenvalue weighted by atomic mass is 16.5. The lowest BCUT2D eigenvalue weighted by Gasteiger charge is -2.13. The molecule has 0 atom stereocenters. The zero-order chi connectivity index (χ0) is 17.2. The van der Waals surface area contributed by atoms with Gasteiger partial charge in [0.2, 0.25) is 0 Å². The molecule has 0 saturated heterocycles. The van der Waals surface area contributed by atoms with E-state index in [4.69, 9.17) is 9.51 Å². The third-order valence-corrected chi connectivity index (χ3v) is 4.19. The van der Waals surface area contributed by atoms with E-state index in [0.717, 1.165) is 22.4 Å². The van der Waals surface area contributed by atoms with E-state index in [0.29, 0.717) is 24.8 Å². The minimum atomic E-state index is 0.548. The molecule has 6 heteroatoms. The molecule has 2 heterocycles. The maximum atomic E-state index is 5.36.